The summed E-state index contributed by atoms with van der Waals surface area (Å²) >= 11 is 11.8. The van der Waals surface area contributed by atoms with Gasteiger partial charge in [0.15, 0.2) is 0 Å². The average Bonchev–Trinajstić information content (AvgIpc) is 2.34. The first-order valence-corrected chi connectivity index (χ1v) is 4.25. The smallest absolute Gasteiger partial charge is 0.0474 e. The molecule has 0 fully saturated rings. The van der Waals surface area contributed by atoms with Crippen LogP contribution in [0.1, 0.15) is 5.56 Å². The van der Waals surface area contributed by atoms with E-state index in [1.165, 1.54) is 5.56 Å². The summed E-state index contributed by atoms with van der Waals surface area (Å²) in [7, 11) is 0. The van der Waals surface area contributed by atoms with E-state index >= 15 is 0 Å². The molecular weight excluding hydrogens is 216 g/mol. The summed E-state index contributed by atoms with van der Waals surface area (Å²) in [6, 6.07) is 3.70. The van der Waals surface area contributed by atoms with Gasteiger partial charge in [-0.2, -0.15) is 0 Å². The second-order valence-corrected chi connectivity index (χ2v) is 3.43. The molecular formula is C8H8Cl3N. The Hall–Kier alpha value is -0.110. The van der Waals surface area contributed by atoms with Crippen LogP contribution in [0.4, 0.5) is 5.69 Å². The first-order valence-electron chi connectivity index (χ1n) is 3.49. The Morgan fingerprint density at radius 1 is 1.25 bits per heavy atom. The minimum Gasteiger partial charge on any atom is -0.384 e. The van der Waals surface area contributed by atoms with Crippen molar-refractivity contribution in [2.45, 2.75) is 6.42 Å². The van der Waals surface area contributed by atoms with Gasteiger partial charge in [0.2, 0.25) is 0 Å². The lowest BCUT2D eigenvalue weighted by Gasteiger charge is -2.01. The summed E-state index contributed by atoms with van der Waals surface area (Å²) in [5.74, 6) is 0. The molecule has 1 aromatic carbocycles. The molecule has 1 aromatic rings. The number of benzene rings is 1. The van der Waals surface area contributed by atoms with Crippen LogP contribution in [0.5, 0.6) is 0 Å². The van der Waals surface area contributed by atoms with Crippen LogP contribution in [0.15, 0.2) is 12.1 Å². The second kappa shape index (κ2) is 3.73. The van der Waals surface area contributed by atoms with Crippen LogP contribution >= 0.6 is 35.6 Å². The van der Waals surface area contributed by atoms with E-state index in [1.54, 1.807) is 6.07 Å². The molecule has 4 heteroatoms. The molecule has 0 saturated carbocycles. The van der Waals surface area contributed by atoms with Crippen molar-refractivity contribution in [3.8, 4) is 0 Å². The Morgan fingerprint density at radius 3 is 2.75 bits per heavy atom. The minimum absolute atomic E-state index is 0. The molecule has 1 aliphatic heterocycles. The van der Waals surface area contributed by atoms with Crippen molar-refractivity contribution < 1.29 is 0 Å². The van der Waals surface area contributed by atoms with Crippen LogP contribution < -0.4 is 5.32 Å². The third kappa shape index (κ3) is 1.63. The lowest BCUT2D eigenvalue weighted by Crippen LogP contribution is -1.90. The maximum absolute atomic E-state index is 5.95. The Morgan fingerprint density at radius 2 is 2.00 bits per heavy atom. The summed E-state index contributed by atoms with van der Waals surface area (Å²) < 4.78 is 0. The fourth-order valence-electron chi connectivity index (χ4n) is 1.34. The van der Waals surface area contributed by atoms with Gasteiger partial charge in [0, 0.05) is 22.3 Å². The van der Waals surface area contributed by atoms with Crippen LogP contribution in [-0.2, 0) is 6.42 Å². The molecule has 66 valence electrons. The molecule has 0 spiro atoms. The molecule has 2 rings (SSSR count). The summed E-state index contributed by atoms with van der Waals surface area (Å²) in [4.78, 5) is 0. The monoisotopic (exact) mass is 223 g/mol. The molecule has 0 radical (unpaired) electrons. The fourth-order valence-corrected chi connectivity index (χ4v) is 1.93. The summed E-state index contributed by atoms with van der Waals surface area (Å²) in [6.07, 6.45) is 1.01. The van der Waals surface area contributed by atoms with Crippen LogP contribution in [0.25, 0.3) is 0 Å². The summed E-state index contributed by atoms with van der Waals surface area (Å²) in [5, 5.41) is 4.69. The highest BCUT2D eigenvalue weighted by Gasteiger charge is 2.13. The van der Waals surface area contributed by atoms with Crippen molar-refractivity contribution in [3.63, 3.8) is 0 Å². The molecule has 0 atom stereocenters. The van der Waals surface area contributed by atoms with Gasteiger partial charge in [0.25, 0.3) is 0 Å². The molecule has 12 heavy (non-hydrogen) atoms. The van der Waals surface area contributed by atoms with Gasteiger partial charge in [-0.1, -0.05) is 23.2 Å². The number of nitrogens with one attached hydrogen (secondary N) is 1. The number of anilines is 1. The fraction of sp³-hybridized carbons (Fsp3) is 0.250. The number of hydrogen-bond donors (Lipinski definition) is 1. The van der Waals surface area contributed by atoms with Crippen molar-refractivity contribution >= 4 is 41.3 Å². The molecule has 0 aliphatic carbocycles. The lowest BCUT2D eigenvalue weighted by molar-refractivity contribution is 1.11. The second-order valence-electron chi connectivity index (χ2n) is 2.59. The van der Waals surface area contributed by atoms with E-state index in [9.17, 15) is 0 Å². The maximum Gasteiger partial charge on any atom is 0.0474 e. The van der Waals surface area contributed by atoms with Gasteiger partial charge in [0.1, 0.15) is 0 Å². The first kappa shape index (κ1) is 9.97. The summed E-state index contributed by atoms with van der Waals surface area (Å²) in [6.45, 7) is 0.968. The Balaban J connectivity index is 0.000000720. The molecule has 0 saturated heterocycles. The quantitative estimate of drug-likeness (QED) is 0.712. The van der Waals surface area contributed by atoms with Gasteiger partial charge in [-0.15, -0.1) is 12.4 Å². The van der Waals surface area contributed by atoms with Crippen molar-refractivity contribution in [3.05, 3.63) is 27.7 Å². The van der Waals surface area contributed by atoms with E-state index in [-0.39, 0.29) is 12.4 Å². The van der Waals surface area contributed by atoms with E-state index in [4.69, 9.17) is 23.2 Å². The van der Waals surface area contributed by atoms with E-state index in [0.29, 0.717) is 5.02 Å². The minimum atomic E-state index is 0. The van der Waals surface area contributed by atoms with E-state index < -0.39 is 0 Å². The third-order valence-electron chi connectivity index (χ3n) is 1.85. The van der Waals surface area contributed by atoms with Crippen LogP contribution in [-0.4, -0.2) is 6.54 Å². The number of hydrogen-bond acceptors (Lipinski definition) is 1. The van der Waals surface area contributed by atoms with Crippen molar-refractivity contribution in [1.82, 2.24) is 0 Å². The van der Waals surface area contributed by atoms with Gasteiger partial charge >= 0.3 is 0 Å². The van der Waals surface area contributed by atoms with Gasteiger partial charge in [-0.3, -0.25) is 0 Å². The van der Waals surface area contributed by atoms with Crippen molar-refractivity contribution in [1.29, 1.82) is 0 Å². The zero-order valence-electron chi connectivity index (χ0n) is 6.23. The highest BCUT2D eigenvalue weighted by atomic mass is 35.5. The van der Waals surface area contributed by atoms with Gasteiger partial charge in [-0.25, -0.2) is 0 Å². The topological polar surface area (TPSA) is 12.0 Å². The standard InChI is InChI=1S/C8H7Cl2N.ClH/c9-5-3-7(10)6-1-2-11-8(6)4-5;/h3-4,11H,1-2H2;1H. The molecule has 0 bridgehead atoms. The molecule has 0 aromatic heterocycles. The third-order valence-corrected chi connectivity index (χ3v) is 2.41. The highest BCUT2D eigenvalue weighted by molar-refractivity contribution is 6.35. The lowest BCUT2D eigenvalue weighted by atomic mass is 10.2. The Labute approximate surface area is 87.5 Å². The van der Waals surface area contributed by atoms with Gasteiger partial charge < -0.3 is 5.32 Å². The summed E-state index contributed by atoms with van der Waals surface area (Å²) in [5.41, 5.74) is 2.28. The number of rotatable bonds is 0. The molecule has 1 aliphatic rings. The zero-order valence-corrected chi connectivity index (χ0v) is 8.56. The maximum atomic E-state index is 5.95. The van der Waals surface area contributed by atoms with E-state index in [2.05, 4.69) is 5.32 Å². The van der Waals surface area contributed by atoms with Gasteiger partial charge in [0.05, 0.1) is 0 Å². The molecule has 0 unspecified atom stereocenters. The van der Waals surface area contributed by atoms with Gasteiger partial charge in [-0.05, 0) is 24.1 Å². The molecule has 0 amide bonds. The van der Waals surface area contributed by atoms with Crippen LogP contribution in [0.3, 0.4) is 0 Å². The van der Waals surface area contributed by atoms with E-state index in [1.807, 2.05) is 6.07 Å². The average molecular weight is 225 g/mol. The number of halogens is 3. The van der Waals surface area contributed by atoms with Crippen LogP contribution in [0.2, 0.25) is 10.0 Å². The Bertz CT molecular complexity index is 299. The molecule has 1 N–H and O–H groups in total. The zero-order chi connectivity index (χ0) is 7.84. The first-order chi connectivity index (χ1) is 5.27. The predicted molar refractivity (Wildman–Crippen MR) is 55.9 cm³/mol. The molecule has 1 heterocycles. The molecule has 1 nitrogen and oxygen atoms in total. The van der Waals surface area contributed by atoms with Crippen molar-refractivity contribution in [2.75, 3.05) is 11.9 Å². The van der Waals surface area contributed by atoms with Crippen LogP contribution in [0, 0.1) is 0 Å². The Kier molecular flexibility index (Phi) is 3.10. The largest absolute Gasteiger partial charge is 0.384 e. The predicted octanol–water partition coefficient (Wildman–Crippen LogP) is 3.38. The van der Waals surface area contributed by atoms with E-state index in [0.717, 1.165) is 23.7 Å². The normalized spacial score (nSPS) is 13.2. The van der Waals surface area contributed by atoms with Crippen molar-refractivity contribution in [2.24, 2.45) is 0 Å². The highest BCUT2D eigenvalue weighted by Crippen LogP contribution is 2.32. The number of fused-ring (bicyclic) bond motifs is 1. The SMILES string of the molecule is Cl.Clc1cc(Cl)c2c(c1)NCC2.